The fourth-order valence-corrected chi connectivity index (χ4v) is 1.66. The maximum atomic E-state index is 12.7. The molecular weight excluding hydrogens is 397 g/mol. The molecule has 0 saturated carbocycles. The van der Waals surface area contributed by atoms with Crippen LogP contribution in [-0.4, -0.2) is 4.98 Å². The predicted molar refractivity (Wildman–Crippen MR) is 54.6 cm³/mol. The maximum absolute atomic E-state index is 12.7. The summed E-state index contributed by atoms with van der Waals surface area (Å²) in [6.45, 7) is 0. The molecule has 0 aliphatic carbocycles. The maximum Gasteiger partial charge on any atom is 0.281 e. The minimum absolute atomic E-state index is 0.0247. The van der Waals surface area contributed by atoms with Gasteiger partial charge in [-0.2, -0.15) is 0 Å². The number of hydrogen-bond acceptors (Lipinski definition) is 1. The van der Waals surface area contributed by atoms with Gasteiger partial charge in [0.05, 0.1) is 0 Å². The van der Waals surface area contributed by atoms with Crippen LogP contribution in [0.1, 0.15) is 12.1 Å². The summed E-state index contributed by atoms with van der Waals surface area (Å²) in [6.07, 6.45) is -2.65. The van der Waals surface area contributed by atoms with E-state index in [4.69, 9.17) is 0 Å². The standard InChI is InChI=1S/C6H2F3I2N/c7-2-1-3(10)4(5(8)9)12-6(2)11/h1,5H. The topological polar surface area (TPSA) is 12.9 Å². The van der Waals surface area contributed by atoms with Crippen molar-refractivity contribution in [2.45, 2.75) is 6.43 Å². The highest BCUT2D eigenvalue weighted by molar-refractivity contribution is 14.1. The average molecular weight is 399 g/mol. The molecular formula is C6H2F3I2N. The Morgan fingerprint density at radius 3 is 2.42 bits per heavy atom. The van der Waals surface area contributed by atoms with Crippen LogP contribution in [0.25, 0.3) is 0 Å². The van der Waals surface area contributed by atoms with Crippen LogP contribution in [0.5, 0.6) is 0 Å². The van der Waals surface area contributed by atoms with Gasteiger partial charge in [-0.1, -0.05) is 0 Å². The number of hydrogen-bond donors (Lipinski definition) is 0. The molecule has 6 heteroatoms. The van der Waals surface area contributed by atoms with Gasteiger partial charge >= 0.3 is 0 Å². The first kappa shape index (κ1) is 10.5. The Labute approximate surface area is 94.0 Å². The van der Waals surface area contributed by atoms with E-state index in [9.17, 15) is 13.2 Å². The molecule has 0 aliphatic heterocycles. The molecule has 0 spiro atoms. The molecule has 0 radical (unpaired) electrons. The number of alkyl halides is 2. The van der Waals surface area contributed by atoms with Gasteiger partial charge in [-0.3, -0.25) is 0 Å². The van der Waals surface area contributed by atoms with Gasteiger partial charge in [0.15, 0.2) is 5.82 Å². The van der Waals surface area contributed by atoms with Crippen LogP contribution in [0.15, 0.2) is 6.07 Å². The number of halogens is 5. The summed E-state index contributed by atoms with van der Waals surface area (Å²) in [6, 6.07) is 1.05. The lowest BCUT2D eigenvalue weighted by Gasteiger charge is -2.02. The summed E-state index contributed by atoms with van der Waals surface area (Å²) >= 11 is 3.21. The molecule has 1 nitrogen and oxygen atoms in total. The van der Waals surface area contributed by atoms with Crippen molar-refractivity contribution in [3.8, 4) is 0 Å². The first-order valence-corrected chi connectivity index (χ1v) is 4.97. The van der Waals surface area contributed by atoms with Crippen LogP contribution in [0, 0.1) is 13.1 Å². The zero-order valence-electron chi connectivity index (χ0n) is 5.49. The molecule has 0 unspecified atom stereocenters. The van der Waals surface area contributed by atoms with E-state index in [0.29, 0.717) is 0 Å². The molecule has 1 aromatic heterocycles. The van der Waals surface area contributed by atoms with E-state index < -0.39 is 12.2 Å². The van der Waals surface area contributed by atoms with Gasteiger partial charge in [0.2, 0.25) is 0 Å². The summed E-state index contributed by atoms with van der Waals surface area (Å²) in [4.78, 5) is 3.43. The summed E-state index contributed by atoms with van der Waals surface area (Å²) in [5.74, 6) is -0.565. The molecule has 0 bridgehead atoms. The number of aromatic nitrogens is 1. The molecule has 0 saturated heterocycles. The van der Waals surface area contributed by atoms with Gasteiger partial charge in [-0.25, -0.2) is 18.2 Å². The first-order chi connectivity index (χ1) is 5.52. The number of nitrogens with zero attached hydrogens (tertiary/aromatic N) is 1. The molecule has 0 amide bonds. The fraction of sp³-hybridized carbons (Fsp3) is 0.167. The lowest BCUT2D eigenvalue weighted by Crippen LogP contribution is -1.99. The molecule has 0 fully saturated rings. The monoisotopic (exact) mass is 399 g/mol. The highest BCUT2D eigenvalue weighted by Gasteiger charge is 2.16. The van der Waals surface area contributed by atoms with Crippen molar-refractivity contribution < 1.29 is 13.2 Å². The van der Waals surface area contributed by atoms with Crippen molar-refractivity contribution >= 4 is 45.2 Å². The Kier molecular flexibility index (Phi) is 3.56. The number of pyridine rings is 1. The van der Waals surface area contributed by atoms with Gasteiger partial charge < -0.3 is 0 Å². The molecule has 0 N–H and O–H groups in total. The fourth-order valence-electron chi connectivity index (χ4n) is 0.610. The lowest BCUT2D eigenvalue weighted by molar-refractivity contribution is 0.144. The van der Waals surface area contributed by atoms with Crippen molar-refractivity contribution in [3.05, 3.63) is 24.8 Å². The highest BCUT2D eigenvalue weighted by Crippen LogP contribution is 2.24. The van der Waals surface area contributed by atoms with Crippen molar-refractivity contribution in [3.63, 3.8) is 0 Å². The Bertz CT molecular complexity index is 303. The largest absolute Gasteiger partial charge is 0.281 e. The summed E-state index contributed by atoms with van der Waals surface area (Å²) in [7, 11) is 0. The number of rotatable bonds is 1. The van der Waals surface area contributed by atoms with Crippen LogP contribution in [0.4, 0.5) is 13.2 Å². The third-order valence-electron chi connectivity index (χ3n) is 1.12. The highest BCUT2D eigenvalue weighted by atomic mass is 127. The SMILES string of the molecule is Fc1cc(I)c(C(F)F)nc1I. The van der Waals surface area contributed by atoms with E-state index in [1.54, 1.807) is 45.2 Å². The first-order valence-electron chi connectivity index (χ1n) is 2.82. The van der Waals surface area contributed by atoms with E-state index in [2.05, 4.69) is 4.98 Å². The minimum Gasteiger partial charge on any atom is -0.237 e. The molecule has 1 aromatic rings. The Balaban J connectivity index is 3.23. The average Bonchev–Trinajstić information content (AvgIpc) is 1.96. The van der Waals surface area contributed by atoms with Crippen molar-refractivity contribution in [1.82, 2.24) is 4.98 Å². The zero-order valence-corrected chi connectivity index (χ0v) is 9.81. The minimum atomic E-state index is -2.65. The molecule has 0 aliphatic rings. The Morgan fingerprint density at radius 2 is 1.92 bits per heavy atom. The molecule has 12 heavy (non-hydrogen) atoms. The second-order valence-electron chi connectivity index (χ2n) is 1.93. The van der Waals surface area contributed by atoms with Crippen LogP contribution >= 0.6 is 45.2 Å². The van der Waals surface area contributed by atoms with E-state index in [1.165, 1.54) is 0 Å². The van der Waals surface area contributed by atoms with Crippen LogP contribution in [0.2, 0.25) is 0 Å². The second kappa shape index (κ2) is 4.07. The molecule has 0 aromatic carbocycles. The van der Waals surface area contributed by atoms with Gasteiger partial charge in [0.25, 0.3) is 6.43 Å². The molecule has 1 heterocycles. The second-order valence-corrected chi connectivity index (χ2v) is 4.11. The smallest absolute Gasteiger partial charge is 0.237 e. The predicted octanol–water partition coefficient (Wildman–Crippen LogP) is 3.37. The molecule has 0 atom stereocenters. The van der Waals surface area contributed by atoms with E-state index in [0.717, 1.165) is 6.07 Å². The Hall–Kier alpha value is 0.400. The van der Waals surface area contributed by atoms with Crippen molar-refractivity contribution in [2.24, 2.45) is 0 Å². The normalized spacial score (nSPS) is 10.8. The van der Waals surface area contributed by atoms with Crippen LogP contribution < -0.4 is 0 Å². The van der Waals surface area contributed by atoms with E-state index in [-0.39, 0.29) is 13.0 Å². The quantitative estimate of drug-likeness (QED) is 0.522. The van der Waals surface area contributed by atoms with E-state index in [1.807, 2.05) is 0 Å². The van der Waals surface area contributed by atoms with Gasteiger partial charge in [0, 0.05) is 3.57 Å². The van der Waals surface area contributed by atoms with Gasteiger partial charge in [-0.15, -0.1) is 0 Å². The zero-order chi connectivity index (χ0) is 9.30. The summed E-state index contributed by atoms with van der Waals surface area (Å²) < 4.78 is 37.1. The van der Waals surface area contributed by atoms with Crippen LogP contribution in [0.3, 0.4) is 0 Å². The summed E-state index contributed by atoms with van der Waals surface area (Å²) in [5, 5.41) is 0. The third-order valence-corrected chi connectivity index (χ3v) is 2.74. The lowest BCUT2D eigenvalue weighted by atomic mass is 10.3. The third kappa shape index (κ3) is 2.21. The Morgan fingerprint density at radius 1 is 1.33 bits per heavy atom. The van der Waals surface area contributed by atoms with Crippen LogP contribution in [-0.2, 0) is 0 Å². The van der Waals surface area contributed by atoms with Gasteiger partial charge in [0.1, 0.15) is 9.39 Å². The van der Waals surface area contributed by atoms with Gasteiger partial charge in [-0.05, 0) is 51.2 Å². The molecule has 66 valence electrons. The van der Waals surface area contributed by atoms with Crippen molar-refractivity contribution in [1.29, 1.82) is 0 Å². The van der Waals surface area contributed by atoms with E-state index >= 15 is 0 Å². The molecule has 1 rings (SSSR count). The summed E-state index contributed by atoms with van der Waals surface area (Å²) in [5.41, 5.74) is -0.360. The van der Waals surface area contributed by atoms with Crippen molar-refractivity contribution in [2.75, 3.05) is 0 Å².